The molecule has 0 amide bonds. The third-order valence-corrected chi connectivity index (χ3v) is 3.79. The Labute approximate surface area is 113 Å². The molecular weight excluding hydrogens is 244 g/mol. The monoisotopic (exact) mass is 264 g/mol. The highest BCUT2D eigenvalue weighted by Gasteiger charge is 2.23. The molecule has 2 rings (SSSR count). The number of nitro benzene ring substituents is 1. The Morgan fingerprint density at radius 2 is 2.11 bits per heavy atom. The molecule has 104 valence electrons. The van der Waals surface area contributed by atoms with E-state index in [-0.39, 0.29) is 16.7 Å². The van der Waals surface area contributed by atoms with Crippen LogP contribution in [-0.4, -0.2) is 24.2 Å². The first-order valence-corrected chi connectivity index (χ1v) is 6.68. The second kappa shape index (κ2) is 6.02. The maximum Gasteiger partial charge on any atom is 0.292 e. The molecule has 0 radical (unpaired) electrons. The number of nitro groups is 1. The summed E-state index contributed by atoms with van der Waals surface area (Å²) in [6.45, 7) is 5.55. The molecule has 1 saturated heterocycles. The number of nitrogens with one attached hydrogen (secondary N) is 1. The fourth-order valence-electron chi connectivity index (χ4n) is 2.55. The lowest BCUT2D eigenvalue weighted by Crippen LogP contribution is -2.31. The Balaban J connectivity index is 2.15. The number of hydrogen-bond donors (Lipinski definition) is 1. The van der Waals surface area contributed by atoms with Gasteiger partial charge in [-0.1, -0.05) is 12.1 Å². The molecule has 1 unspecified atom stereocenters. The third kappa shape index (κ3) is 3.23. The molecule has 0 aromatic heterocycles. The average Bonchev–Trinajstić information content (AvgIpc) is 2.41. The number of nitrogens with zero attached hydrogens (tertiary/aromatic N) is 1. The summed E-state index contributed by atoms with van der Waals surface area (Å²) in [7, 11) is 0. The number of anilines is 1. The van der Waals surface area contributed by atoms with Crippen LogP contribution in [0.2, 0.25) is 0 Å². The molecular formula is C14H20N2O3. The lowest BCUT2D eigenvalue weighted by atomic mass is 9.92. The molecule has 1 heterocycles. The van der Waals surface area contributed by atoms with Crippen molar-refractivity contribution in [3.63, 3.8) is 0 Å². The summed E-state index contributed by atoms with van der Waals surface area (Å²) >= 11 is 0. The number of hydrogen-bond acceptors (Lipinski definition) is 4. The van der Waals surface area contributed by atoms with Crippen LogP contribution in [0, 0.1) is 23.0 Å². The summed E-state index contributed by atoms with van der Waals surface area (Å²) in [6, 6.07) is 5.37. The number of aryl methyl sites for hydroxylation is 1. The minimum absolute atomic E-state index is 0.152. The van der Waals surface area contributed by atoms with Gasteiger partial charge in [-0.3, -0.25) is 10.1 Å². The third-order valence-electron chi connectivity index (χ3n) is 3.79. The van der Waals surface area contributed by atoms with E-state index in [9.17, 15) is 10.1 Å². The van der Waals surface area contributed by atoms with Gasteiger partial charge in [-0.2, -0.15) is 0 Å². The van der Waals surface area contributed by atoms with Crippen molar-refractivity contribution < 1.29 is 9.66 Å². The number of benzene rings is 1. The van der Waals surface area contributed by atoms with Crippen molar-refractivity contribution in [1.29, 1.82) is 0 Å². The molecule has 5 nitrogen and oxygen atoms in total. The van der Waals surface area contributed by atoms with Gasteiger partial charge in [0.15, 0.2) is 0 Å². The lowest BCUT2D eigenvalue weighted by molar-refractivity contribution is -0.384. The number of ether oxygens (including phenoxy) is 1. The van der Waals surface area contributed by atoms with Crippen molar-refractivity contribution in [3.05, 3.63) is 33.9 Å². The van der Waals surface area contributed by atoms with Gasteiger partial charge in [0.2, 0.25) is 0 Å². The SMILES string of the molecule is Cc1cccc([N+](=O)[O-])c1NC(C)C1CCOCC1. The molecule has 1 aliphatic heterocycles. The molecule has 5 heteroatoms. The van der Waals surface area contributed by atoms with E-state index >= 15 is 0 Å². The zero-order valence-electron chi connectivity index (χ0n) is 11.4. The van der Waals surface area contributed by atoms with Gasteiger partial charge in [0.25, 0.3) is 5.69 Å². The van der Waals surface area contributed by atoms with Crippen LogP contribution in [0.1, 0.15) is 25.3 Å². The van der Waals surface area contributed by atoms with Gasteiger partial charge in [0.05, 0.1) is 4.92 Å². The molecule has 0 bridgehead atoms. The van der Waals surface area contributed by atoms with Gasteiger partial charge in [0.1, 0.15) is 5.69 Å². The van der Waals surface area contributed by atoms with E-state index in [0.717, 1.165) is 31.6 Å². The number of para-hydroxylation sites is 1. The minimum Gasteiger partial charge on any atom is -0.381 e. The Morgan fingerprint density at radius 3 is 2.74 bits per heavy atom. The highest BCUT2D eigenvalue weighted by atomic mass is 16.6. The van der Waals surface area contributed by atoms with E-state index in [2.05, 4.69) is 12.2 Å². The van der Waals surface area contributed by atoms with Gasteiger partial charge in [-0.05, 0) is 38.2 Å². The van der Waals surface area contributed by atoms with Gasteiger partial charge in [0, 0.05) is 25.3 Å². The van der Waals surface area contributed by atoms with Crippen LogP contribution in [0.15, 0.2) is 18.2 Å². The van der Waals surface area contributed by atoms with Crippen LogP contribution >= 0.6 is 0 Å². The summed E-state index contributed by atoms with van der Waals surface area (Å²) in [5.41, 5.74) is 1.71. The van der Waals surface area contributed by atoms with E-state index < -0.39 is 0 Å². The Hall–Kier alpha value is -1.62. The molecule has 1 aliphatic rings. The predicted molar refractivity (Wildman–Crippen MR) is 74.5 cm³/mol. The summed E-state index contributed by atoms with van der Waals surface area (Å²) in [5.74, 6) is 0.507. The summed E-state index contributed by atoms with van der Waals surface area (Å²) in [4.78, 5) is 10.7. The first-order valence-electron chi connectivity index (χ1n) is 6.68. The van der Waals surface area contributed by atoms with E-state index in [4.69, 9.17) is 4.74 Å². The van der Waals surface area contributed by atoms with Crippen molar-refractivity contribution in [3.8, 4) is 0 Å². The highest BCUT2D eigenvalue weighted by molar-refractivity contribution is 5.66. The predicted octanol–water partition coefficient (Wildman–Crippen LogP) is 3.13. The standard InChI is InChI=1S/C14H20N2O3/c1-10-4-3-5-13(16(17)18)14(10)15-11(2)12-6-8-19-9-7-12/h3-5,11-12,15H,6-9H2,1-2H3. The average molecular weight is 264 g/mol. The van der Waals surface area contributed by atoms with Crippen molar-refractivity contribution in [2.24, 2.45) is 5.92 Å². The van der Waals surface area contributed by atoms with Crippen LogP contribution in [-0.2, 0) is 4.74 Å². The Bertz CT molecular complexity index is 456. The summed E-state index contributed by atoms with van der Waals surface area (Å²) in [6.07, 6.45) is 2.02. The van der Waals surface area contributed by atoms with E-state index in [0.29, 0.717) is 11.6 Å². The molecule has 0 aliphatic carbocycles. The Kier molecular flexibility index (Phi) is 4.37. The molecule has 1 aromatic rings. The highest BCUT2D eigenvalue weighted by Crippen LogP contribution is 2.30. The first kappa shape index (κ1) is 13.8. The van der Waals surface area contributed by atoms with E-state index in [1.165, 1.54) is 0 Å². The molecule has 0 saturated carbocycles. The van der Waals surface area contributed by atoms with Crippen molar-refractivity contribution in [2.45, 2.75) is 32.7 Å². The molecule has 1 N–H and O–H groups in total. The molecule has 1 fully saturated rings. The minimum atomic E-state index is -0.327. The fraction of sp³-hybridized carbons (Fsp3) is 0.571. The van der Waals surface area contributed by atoms with Crippen LogP contribution < -0.4 is 5.32 Å². The van der Waals surface area contributed by atoms with Gasteiger partial charge < -0.3 is 10.1 Å². The zero-order chi connectivity index (χ0) is 13.8. The summed E-state index contributed by atoms with van der Waals surface area (Å²) in [5, 5.41) is 14.4. The quantitative estimate of drug-likeness (QED) is 0.670. The van der Waals surface area contributed by atoms with Crippen LogP contribution in [0.25, 0.3) is 0 Å². The largest absolute Gasteiger partial charge is 0.381 e. The Morgan fingerprint density at radius 1 is 1.42 bits per heavy atom. The first-order chi connectivity index (χ1) is 9.09. The normalized spacial score (nSPS) is 18.0. The molecule has 0 spiro atoms. The van der Waals surface area contributed by atoms with Gasteiger partial charge in [-0.25, -0.2) is 0 Å². The second-order valence-electron chi connectivity index (χ2n) is 5.11. The van der Waals surface area contributed by atoms with Gasteiger partial charge >= 0.3 is 0 Å². The van der Waals surface area contributed by atoms with E-state index in [1.54, 1.807) is 12.1 Å². The van der Waals surface area contributed by atoms with Crippen molar-refractivity contribution >= 4 is 11.4 Å². The molecule has 1 atom stereocenters. The van der Waals surface area contributed by atoms with Crippen molar-refractivity contribution in [1.82, 2.24) is 0 Å². The summed E-state index contributed by atoms with van der Waals surface area (Å²) < 4.78 is 5.35. The molecule has 1 aromatic carbocycles. The zero-order valence-corrected chi connectivity index (χ0v) is 11.4. The lowest BCUT2D eigenvalue weighted by Gasteiger charge is -2.29. The van der Waals surface area contributed by atoms with E-state index in [1.807, 2.05) is 13.0 Å². The van der Waals surface area contributed by atoms with Crippen LogP contribution in [0.4, 0.5) is 11.4 Å². The molecule has 19 heavy (non-hydrogen) atoms. The topological polar surface area (TPSA) is 64.4 Å². The number of rotatable bonds is 4. The van der Waals surface area contributed by atoms with Crippen LogP contribution in [0.3, 0.4) is 0 Å². The maximum absolute atomic E-state index is 11.1. The maximum atomic E-state index is 11.1. The fourth-order valence-corrected chi connectivity index (χ4v) is 2.55. The smallest absolute Gasteiger partial charge is 0.292 e. The van der Waals surface area contributed by atoms with Gasteiger partial charge in [-0.15, -0.1) is 0 Å². The van der Waals surface area contributed by atoms with Crippen LogP contribution in [0.5, 0.6) is 0 Å². The second-order valence-corrected chi connectivity index (χ2v) is 5.11. The van der Waals surface area contributed by atoms with Crippen molar-refractivity contribution in [2.75, 3.05) is 18.5 Å².